The second-order valence-electron chi connectivity index (χ2n) is 11.2. The quantitative estimate of drug-likeness (QED) is 0.515. The summed E-state index contributed by atoms with van der Waals surface area (Å²) in [5.41, 5.74) is 3.51. The maximum Gasteiger partial charge on any atom is 0.0828 e. The number of hydrogen-bond donors (Lipinski definition) is 0. The van der Waals surface area contributed by atoms with Crippen LogP contribution in [0, 0.1) is 22.7 Å². The van der Waals surface area contributed by atoms with Crippen LogP contribution in [0.3, 0.4) is 0 Å². The number of ether oxygens (including phenoxy) is 1. The van der Waals surface area contributed by atoms with Crippen LogP contribution in [0.15, 0.2) is 60.7 Å². The fraction of sp³-hybridized carbons (Fsp3) is 0.571. The molecule has 0 N–H and O–H groups in total. The van der Waals surface area contributed by atoms with Crippen LogP contribution in [0.5, 0.6) is 0 Å². The van der Waals surface area contributed by atoms with Crippen LogP contribution in [-0.2, 0) is 4.74 Å². The van der Waals surface area contributed by atoms with E-state index in [1.807, 2.05) is 0 Å². The van der Waals surface area contributed by atoms with Crippen molar-refractivity contribution in [1.82, 2.24) is 0 Å². The number of anilines is 1. The van der Waals surface area contributed by atoms with Gasteiger partial charge < -0.3 is 9.64 Å². The molecule has 0 bridgehead atoms. The molecular formula is C28H41NO. The topological polar surface area (TPSA) is 12.5 Å². The molecular weight excluding hydrogens is 366 g/mol. The summed E-state index contributed by atoms with van der Waals surface area (Å²) in [7, 11) is 0. The van der Waals surface area contributed by atoms with Gasteiger partial charge in [-0.2, -0.15) is 0 Å². The van der Waals surface area contributed by atoms with Crippen LogP contribution >= 0.6 is 0 Å². The van der Waals surface area contributed by atoms with Gasteiger partial charge in [0.15, 0.2) is 0 Å². The average molecular weight is 408 g/mol. The zero-order valence-electron chi connectivity index (χ0n) is 19.9. The number of para-hydroxylation sites is 1. The smallest absolute Gasteiger partial charge is 0.0828 e. The summed E-state index contributed by atoms with van der Waals surface area (Å²) in [5, 5.41) is 0. The molecule has 164 valence electrons. The molecule has 2 heterocycles. The highest BCUT2D eigenvalue weighted by atomic mass is 16.5. The van der Waals surface area contributed by atoms with Gasteiger partial charge in [-0.3, -0.25) is 0 Å². The Hall–Kier alpha value is -1.80. The Bertz CT molecular complexity index is 689. The average Bonchev–Trinajstić information content (AvgIpc) is 3.40. The van der Waals surface area contributed by atoms with E-state index in [4.69, 9.17) is 4.74 Å². The van der Waals surface area contributed by atoms with E-state index in [-0.39, 0.29) is 0 Å². The van der Waals surface area contributed by atoms with E-state index in [2.05, 4.69) is 107 Å². The molecule has 0 spiro atoms. The van der Waals surface area contributed by atoms with Crippen molar-refractivity contribution in [3.05, 3.63) is 66.2 Å². The van der Waals surface area contributed by atoms with Crippen molar-refractivity contribution >= 4 is 5.69 Å². The molecule has 2 heteroatoms. The second kappa shape index (κ2) is 9.56. The lowest BCUT2D eigenvalue weighted by Crippen LogP contribution is -2.25. The van der Waals surface area contributed by atoms with Crippen molar-refractivity contribution in [2.45, 2.75) is 60.5 Å². The Labute approximate surface area is 184 Å². The third-order valence-electron chi connectivity index (χ3n) is 6.93. The summed E-state index contributed by atoms with van der Waals surface area (Å²) >= 11 is 0. The summed E-state index contributed by atoms with van der Waals surface area (Å²) in [6.07, 6.45) is 2.81. The van der Waals surface area contributed by atoms with Gasteiger partial charge in [0.05, 0.1) is 12.7 Å². The number of hydrogen-bond acceptors (Lipinski definition) is 2. The highest BCUT2D eigenvalue weighted by Crippen LogP contribution is 2.41. The van der Waals surface area contributed by atoms with Crippen LogP contribution in [0.25, 0.3) is 0 Å². The van der Waals surface area contributed by atoms with Gasteiger partial charge >= 0.3 is 0 Å². The highest BCUT2D eigenvalue weighted by molar-refractivity contribution is 5.47. The Balaban J connectivity index is 0.000000171. The van der Waals surface area contributed by atoms with E-state index in [1.54, 1.807) is 0 Å². The zero-order valence-corrected chi connectivity index (χ0v) is 19.9. The summed E-state index contributed by atoms with van der Waals surface area (Å²) in [6, 6.07) is 21.3. The van der Waals surface area contributed by atoms with E-state index in [1.165, 1.54) is 30.8 Å². The predicted octanol–water partition coefficient (Wildman–Crippen LogP) is 7.37. The first kappa shape index (κ1) is 22.9. The monoisotopic (exact) mass is 407 g/mol. The largest absolute Gasteiger partial charge is 0.373 e. The van der Waals surface area contributed by atoms with Crippen molar-refractivity contribution in [3.8, 4) is 0 Å². The van der Waals surface area contributed by atoms with Crippen molar-refractivity contribution in [2.75, 3.05) is 24.6 Å². The Kier molecular flexibility index (Phi) is 7.29. The Morgan fingerprint density at radius 3 is 1.83 bits per heavy atom. The van der Waals surface area contributed by atoms with Crippen LogP contribution in [0.2, 0.25) is 0 Å². The van der Waals surface area contributed by atoms with Crippen LogP contribution in [0.1, 0.15) is 66.1 Å². The van der Waals surface area contributed by atoms with Crippen molar-refractivity contribution < 1.29 is 4.74 Å². The van der Waals surface area contributed by atoms with Crippen LogP contribution < -0.4 is 4.90 Å². The molecule has 0 aromatic heterocycles. The van der Waals surface area contributed by atoms with Crippen molar-refractivity contribution in [2.24, 2.45) is 22.7 Å². The predicted molar refractivity (Wildman–Crippen MR) is 129 cm³/mol. The number of nitrogens with zero attached hydrogens (tertiary/aromatic N) is 1. The lowest BCUT2D eigenvalue weighted by atomic mass is 9.79. The third-order valence-corrected chi connectivity index (χ3v) is 6.93. The SMILES string of the molecule is CC(C)(C)C1CCN(c2ccccc2)C1.CC(C)(C)C1COC(c2ccccc2)C1. The van der Waals surface area contributed by atoms with E-state index < -0.39 is 0 Å². The molecule has 30 heavy (non-hydrogen) atoms. The van der Waals surface area contributed by atoms with E-state index >= 15 is 0 Å². The zero-order chi connectivity index (χ0) is 21.8. The summed E-state index contributed by atoms with van der Waals surface area (Å²) in [5.74, 6) is 1.51. The maximum atomic E-state index is 5.88. The fourth-order valence-corrected chi connectivity index (χ4v) is 4.47. The molecule has 2 aliphatic rings. The first-order chi connectivity index (χ1) is 14.1. The minimum Gasteiger partial charge on any atom is -0.373 e. The lowest BCUT2D eigenvalue weighted by Gasteiger charge is -2.27. The summed E-state index contributed by atoms with van der Waals surface area (Å²) in [6.45, 7) is 17.3. The molecule has 4 rings (SSSR count). The van der Waals surface area contributed by atoms with E-state index in [9.17, 15) is 0 Å². The Morgan fingerprint density at radius 2 is 1.33 bits per heavy atom. The van der Waals surface area contributed by atoms with Gasteiger partial charge in [-0.15, -0.1) is 0 Å². The highest BCUT2D eigenvalue weighted by Gasteiger charge is 2.34. The van der Waals surface area contributed by atoms with Crippen LogP contribution in [-0.4, -0.2) is 19.7 Å². The normalized spacial score (nSPS) is 24.5. The molecule has 2 aromatic rings. The molecule has 0 saturated carbocycles. The molecule has 0 aliphatic carbocycles. The number of rotatable bonds is 2. The van der Waals surface area contributed by atoms with Gasteiger partial charge in [0.25, 0.3) is 0 Å². The molecule has 2 saturated heterocycles. The molecule has 2 fully saturated rings. The van der Waals surface area contributed by atoms with Gasteiger partial charge in [0.1, 0.15) is 0 Å². The molecule has 0 radical (unpaired) electrons. The maximum absolute atomic E-state index is 5.88. The number of benzene rings is 2. The first-order valence-electron chi connectivity index (χ1n) is 11.6. The molecule has 2 nitrogen and oxygen atoms in total. The van der Waals surface area contributed by atoms with Gasteiger partial charge in [0, 0.05) is 18.8 Å². The standard InChI is InChI=1S/C14H21N.C14H20O/c1-14(2,3)12-9-10-15(11-12)13-7-5-4-6-8-13;1-14(2,3)12-9-13(15-10-12)11-7-5-4-6-8-11/h4-8,12H,9-11H2,1-3H3;4-8,12-13H,9-10H2,1-3H3. The van der Waals surface area contributed by atoms with Crippen molar-refractivity contribution in [3.63, 3.8) is 0 Å². The second-order valence-corrected chi connectivity index (χ2v) is 11.2. The van der Waals surface area contributed by atoms with Gasteiger partial charge in [0.2, 0.25) is 0 Å². The molecule has 0 amide bonds. The first-order valence-corrected chi connectivity index (χ1v) is 11.6. The molecule has 3 atom stereocenters. The van der Waals surface area contributed by atoms with Gasteiger partial charge in [-0.1, -0.05) is 90.1 Å². The Morgan fingerprint density at radius 1 is 0.767 bits per heavy atom. The lowest BCUT2D eigenvalue weighted by molar-refractivity contribution is 0.0971. The molecule has 3 unspecified atom stereocenters. The van der Waals surface area contributed by atoms with Gasteiger partial charge in [-0.05, 0) is 53.2 Å². The van der Waals surface area contributed by atoms with E-state index in [0.29, 0.717) is 22.9 Å². The summed E-state index contributed by atoms with van der Waals surface area (Å²) < 4.78 is 5.88. The van der Waals surface area contributed by atoms with Crippen LogP contribution in [0.4, 0.5) is 5.69 Å². The third kappa shape index (κ3) is 6.11. The minimum atomic E-state index is 0.315. The molecule has 2 aromatic carbocycles. The minimum absolute atomic E-state index is 0.315. The van der Waals surface area contributed by atoms with Crippen molar-refractivity contribution in [1.29, 1.82) is 0 Å². The van der Waals surface area contributed by atoms with E-state index in [0.717, 1.165) is 18.9 Å². The summed E-state index contributed by atoms with van der Waals surface area (Å²) in [4.78, 5) is 2.51. The van der Waals surface area contributed by atoms with Gasteiger partial charge in [-0.25, -0.2) is 0 Å². The molecule has 2 aliphatic heterocycles. The fourth-order valence-electron chi connectivity index (χ4n) is 4.47.